The lowest BCUT2D eigenvalue weighted by atomic mass is 9.78. The Labute approximate surface area is 228 Å². The molecular weight excluding hydrogens is 482 g/mol. The van der Waals surface area contributed by atoms with E-state index in [1.165, 1.54) is 21.8 Å². The normalized spacial score (nSPS) is 18.8. The van der Waals surface area contributed by atoms with Gasteiger partial charge < -0.3 is 19.9 Å². The molecular formula is C34H31N3O2. The van der Waals surface area contributed by atoms with E-state index >= 15 is 0 Å². The predicted octanol–water partition coefficient (Wildman–Crippen LogP) is 7.80. The highest BCUT2D eigenvalue weighted by molar-refractivity contribution is 6.08. The average Bonchev–Trinajstić information content (AvgIpc) is 3.18. The first-order valence-corrected chi connectivity index (χ1v) is 13.7. The van der Waals surface area contributed by atoms with Crippen LogP contribution in [0.25, 0.3) is 21.8 Å². The number of allylic oxidation sites excluding steroid dienone is 1. The molecule has 1 aromatic heterocycles. The number of ketones is 1. The van der Waals surface area contributed by atoms with Gasteiger partial charge in [-0.2, -0.15) is 0 Å². The quantitative estimate of drug-likeness (QED) is 0.257. The Bertz CT molecular complexity index is 1760. The van der Waals surface area contributed by atoms with Gasteiger partial charge >= 0.3 is 0 Å². The lowest BCUT2D eigenvalue weighted by Crippen LogP contribution is -2.26. The van der Waals surface area contributed by atoms with Crippen molar-refractivity contribution in [2.75, 3.05) is 17.7 Å². The number of aromatic nitrogens is 1. The maximum atomic E-state index is 14.0. The number of aryl methyl sites for hydroxylation is 1. The third-order valence-corrected chi connectivity index (χ3v) is 8.34. The molecule has 0 saturated carbocycles. The molecule has 2 atom stereocenters. The van der Waals surface area contributed by atoms with E-state index in [9.17, 15) is 4.79 Å². The number of Topliss-reactive ketones (excluding diaryl/α,β-unsaturated/α-hetero) is 1. The smallest absolute Gasteiger partial charge is 0.163 e. The standard InChI is InChI=1S/C34H31N3O2/c1-3-37-30-11-7-4-8-25(30)26-18-22(14-17-31(26)37)34-33-29(35-27-9-5-6-10-28(27)36-34)19-23(20-32(33)38)21-12-15-24(39-2)16-13-21/h4-18,23,34-36H,3,19-20H2,1-2H3/t23-,34-/m1/s1. The van der Waals surface area contributed by atoms with Crippen molar-refractivity contribution in [3.05, 3.63) is 113 Å². The van der Waals surface area contributed by atoms with Gasteiger partial charge in [0.05, 0.1) is 24.5 Å². The molecule has 5 heteroatoms. The molecule has 0 amide bonds. The number of para-hydroxylation sites is 3. The Morgan fingerprint density at radius 2 is 1.54 bits per heavy atom. The number of carbonyl (C=O) groups excluding carboxylic acids is 1. The third-order valence-electron chi connectivity index (χ3n) is 8.34. The van der Waals surface area contributed by atoms with Gasteiger partial charge in [0.1, 0.15) is 5.75 Å². The van der Waals surface area contributed by atoms with Crippen LogP contribution in [0.4, 0.5) is 11.4 Å². The Hall–Kier alpha value is -4.51. The summed E-state index contributed by atoms with van der Waals surface area (Å²) in [6, 6.07) is 31.4. The molecule has 0 unspecified atom stereocenters. The maximum Gasteiger partial charge on any atom is 0.163 e. The fourth-order valence-electron chi connectivity index (χ4n) is 6.45. The van der Waals surface area contributed by atoms with Crippen LogP contribution >= 0.6 is 0 Å². The van der Waals surface area contributed by atoms with E-state index in [-0.39, 0.29) is 17.7 Å². The van der Waals surface area contributed by atoms with E-state index < -0.39 is 0 Å². The van der Waals surface area contributed by atoms with Crippen molar-refractivity contribution in [2.24, 2.45) is 0 Å². The first kappa shape index (κ1) is 23.6. The number of ether oxygens (including phenoxy) is 1. The summed E-state index contributed by atoms with van der Waals surface area (Å²) in [7, 11) is 1.67. The number of fused-ring (bicyclic) bond motifs is 4. The van der Waals surface area contributed by atoms with Crippen LogP contribution in [0.3, 0.4) is 0 Å². The van der Waals surface area contributed by atoms with Gasteiger partial charge in [-0.1, -0.05) is 48.5 Å². The number of nitrogens with zero attached hydrogens (tertiary/aromatic N) is 1. The SMILES string of the molecule is CCn1c2ccccc2c2cc([C@H]3Nc4ccccc4NC4=C3C(=O)C[C@H](c3ccc(OC)cc3)C4)ccc21. The van der Waals surface area contributed by atoms with E-state index in [2.05, 4.69) is 88.9 Å². The summed E-state index contributed by atoms with van der Waals surface area (Å²) in [5.74, 6) is 1.13. The molecule has 2 N–H and O–H groups in total. The van der Waals surface area contributed by atoms with Gasteiger partial charge in [-0.3, -0.25) is 4.79 Å². The molecule has 0 spiro atoms. The van der Waals surface area contributed by atoms with Crippen molar-refractivity contribution >= 4 is 39.0 Å². The van der Waals surface area contributed by atoms with Crippen molar-refractivity contribution in [3.63, 3.8) is 0 Å². The van der Waals surface area contributed by atoms with E-state index in [4.69, 9.17) is 4.74 Å². The van der Waals surface area contributed by atoms with E-state index in [1.54, 1.807) is 7.11 Å². The first-order chi connectivity index (χ1) is 19.1. The fraction of sp³-hybridized carbons (Fsp3) is 0.206. The fourth-order valence-corrected chi connectivity index (χ4v) is 6.45. The highest BCUT2D eigenvalue weighted by atomic mass is 16.5. The molecule has 0 radical (unpaired) electrons. The van der Waals surface area contributed by atoms with Crippen LogP contribution in [0.15, 0.2) is 102 Å². The number of carbonyl (C=O) groups is 1. The predicted molar refractivity (Wildman–Crippen MR) is 159 cm³/mol. The minimum atomic E-state index is -0.242. The molecule has 194 valence electrons. The van der Waals surface area contributed by atoms with Crippen LogP contribution < -0.4 is 15.4 Å². The van der Waals surface area contributed by atoms with E-state index in [0.717, 1.165) is 52.5 Å². The molecule has 1 aliphatic heterocycles. The number of hydrogen-bond donors (Lipinski definition) is 2. The Balaban J connectivity index is 1.36. The average molecular weight is 514 g/mol. The van der Waals surface area contributed by atoms with Gasteiger partial charge in [0.15, 0.2) is 5.78 Å². The van der Waals surface area contributed by atoms with Crippen molar-refractivity contribution in [1.29, 1.82) is 0 Å². The molecule has 0 bridgehead atoms. The largest absolute Gasteiger partial charge is 0.497 e. The zero-order chi connectivity index (χ0) is 26.5. The zero-order valence-corrected chi connectivity index (χ0v) is 22.2. The second kappa shape index (κ2) is 9.35. The highest BCUT2D eigenvalue weighted by Gasteiger charge is 2.36. The van der Waals surface area contributed by atoms with Gasteiger partial charge in [-0.25, -0.2) is 0 Å². The molecule has 5 nitrogen and oxygen atoms in total. The Morgan fingerprint density at radius 1 is 0.821 bits per heavy atom. The van der Waals surface area contributed by atoms with Gasteiger partial charge in [0.2, 0.25) is 0 Å². The van der Waals surface area contributed by atoms with Gasteiger partial charge in [0, 0.05) is 46.0 Å². The third kappa shape index (κ3) is 3.88. The Kier molecular flexibility index (Phi) is 5.66. The minimum Gasteiger partial charge on any atom is -0.497 e. The van der Waals surface area contributed by atoms with Gasteiger partial charge in [-0.15, -0.1) is 0 Å². The monoisotopic (exact) mass is 513 g/mol. The first-order valence-electron chi connectivity index (χ1n) is 13.7. The molecule has 4 aromatic carbocycles. The van der Waals surface area contributed by atoms with E-state index in [0.29, 0.717) is 6.42 Å². The number of benzene rings is 4. The van der Waals surface area contributed by atoms with Gasteiger partial charge in [0.25, 0.3) is 0 Å². The van der Waals surface area contributed by atoms with Crippen LogP contribution in [0, 0.1) is 0 Å². The van der Waals surface area contributed by atoms with Gasteiger partial charge in [-0.05, 0) is 72.9 Å². The van der Waals surface area contributed by atoms with Crippen LogP contribution in [0.1, 0.15) is 42.9 Å². The summed E-state index contributed by atoms with van der Waals surface area (Å²) in [6.45, 7) is 3.09. The second-order valence-electron chi connectivity index (χ2n) is 10.5. The number of methoxy groups -OCH3 is 1. The van der Waals surface area contributed by atoms with Crippen molar-refractivity contribution in [3.8, 4) is 5.75 Å². The van der Waals surface area contributed by atoms with Crippen LogP contribution in [0.2, 0.25) is 0 Å². The van der Waals surface area contributed by atoms with Crippen LogP contribution in [-0.4, -0.2) is 17.5 Å². The summed E-state index contributed by atoms with van der Waals surface area (Å²) >= 11 is 0. The lowest BCUT2D eigenvalue weighted by Gasteiger charge is -2.30. The summed E-state index contributed by atoms with van der Waals surface area (Å²) in [4.78, 5) is 14.0. The second-order valence-corrected chi connectivity index (χ2v) is 10.5. The van der Waals surface area contributed by atoms with Crippen LogP contribution in [0.5, 0.6) is 5.75 Å². The molecule has 2 aliphatic rings. The minimum absolute atomic E-state index is 0.116. The van der Waals surface area contributed by atoms with E-state index in [1.807, 2.05) is 24.3 Å². The number of hydrogen-bond acceptors (Lipinski definition) is 4. The highest BCUT2D eigenvalue weighted by Crippen LogP contribution is 2.45. The topological polar surface area (TPSA) is 55.3 Å². The van der Waals surface area contributed by atoms with Crippen molar-refractivity contribution < 1.29 is 9.53 Å². The molecule has 0 saturated heterocycles. The van der Waals surface area contributed by atoms with Crippen molar-refractivity contribution in [1.82, 2.24) is 4.57 Å². The summed E-state index contributed by atoms with van der Waals surface area (Å²) in [5, 5.41) is 9.87. The summed E-state index contributed by atoms with van der Waals surface area (Å²) in [6.07, 6.45) is 1.26. The zero-order valence-electron chi connectivity index (χ0n) is 22.2. The molecule has 0 fully saturated rings. The Morgan fingerprint density at radius 3 is 2.33 bits per heavy atom. The lowest BCUT2D eigenvalue weighted by molar-refractivity contribution is -0.116. The molecule has 5 aromatic rings. The van der Waals surface area contributed by atoms with Crippen LogP contribution in [-0.2, 0) is 11.3 Å². The molecule has 1 aliphatic carbocycles. The number of nitrogens with one attached hydrogen (secondary N) is 2. The summed E-state index contributed by atoms with van der Waals surface area (Å²) < 4.78 is 7.71. The number of rotatable bonds is 4. The maximum absolute atomic E-state index is 14.0. The number of anilines is 2. The molecule has 7 rings (SSSR count). The summed E-state index contributed by atoms with van der Waals surface area (Å²) in [5.41, 5.74) is 8.57. The van der Waals surface area contributed by atoms with Crippen molar-refractivity contribution in [2.45, 2.75) is 38.3 Å². The molecule has 39 heavy (non-hydrogen) atoms. The molecule has 2 heterocycles.